The van der Waals surface area contributed by atoms with Gasteiger partial charge in [-0.25, -0.2) is 0 Å². The summed E-state index contributed by atoms with van der Waals surface area (Å²) in [7, 11) is 5.17. The van der Waals surface area contributed by atoms with Gasteiger partial charge < -0.3 is 24.2 Å². The number of benzene rings is 1. The highest BCUT2D eigenvalue weighted by molar-refractivity contribution is 5.80. The Balaban J connectivity index is 1.48. The Morgan fingerprint density at radius 2 is 1.87 bits per heavy atom. The highest BCUT2D eigenvalue weighted by Gasteiger charge is 2.20. The molecule has 1 aliphatic heterocycles. The quantitative estimate of drug-likeness (QED) is 0.549. The molecule has 0 aliphatic carbocycles. The van der Waals surface area contributed by atoms with Crippen molar-refractivity contribution in [1.82, 2.24) is 20.3 Å². The smallest absolute Gasteiger partial charge is 0.193 e. The summed E-state index contributed by atoms with van der Waals surface area (Å²) in [6, 6.07) is 6.12. The van der Waals surface area contributed by atoms with Crippen LogP contribution in [0.4, 0.5) is 0 Å². The normalized spacial score (nSPS) is 15.4. The van der Waals surface area contributed by atoms with Crippen molar-refractivity contribution < 1.29 is 14.0 Å². The van der Waals surface area contributed by atoms with Crippen molar-refractivity contribution in [3.8, 4) is 11.5 Å². The number of aliphatic imine (C=N–C) groups is 1. The highest BCUT2D eigenvalue weighted by atomic mass is 16.5. The molecule has 0 spiro atoms. The largest absolute Gasteiger partial charge is 0.493 e. The van der Waals surface area contributed by atoms with E-state index in [1.165, 1.54) is 11.1 Å². The first kappa shape index (κ1) is 22.0. The third-order valence-electron chi connectivity index (χ3n) is 5.58. The van der Waals surface area contributed by atoms with Crippen LogP contribution in [-0.4, -0.2) is 74.9 Å². The summed E-state index contributed by atoms with van der Waals surface area (Å²) in [5, 5.41) is 7.50. The van der Waals surface area contributed by atoms with E-state index >= 15 is 0 Å². The van der Waals surface area contributed by atoms with Crippen molar-refractivity contribution in [3.05, 3.63) is 40.8 Å². The van der Waals surface area contributed by atoms with Gasteiger partial charge in [0.15, 0.2) is 17.5 Å². The molecular formula is C22H33N5O3. The van der Waals surface area contributed by atoms with E-state index in [0.717, 1.165) is 74.6 Å². The molecule has 8 heteroatoms. The molecule has 0 saturated carbocycles. The number of methoxy groups -OCH3 is 2. The van der Waals surface area contributed by atoms with Crippen LogP contribution in [0.25, 0.3) is 0 Å². The number of guanidine groups is 1. The molecule has 1 aliphatic rings. The number of nitrogens with zero attached hydrogens (tertiary/aromatic N) is 4. The Morgan fingerprint density at radius 3 is 2.47 bits per heavy atom. The monoisotopic (exact) mass is 415 g/mol. The Morgan fingerprint density at radius 1 is 1.13 bits per heavy atom. The predicted octanol–water partition coefficient (Wildman–Crippen LogP) is 2.24. The van der Waals surface area contributed by atoms with Crippen LogP contribution in [-0.2, 0) is 13.0 Å². The molecule has 30 heavy (non-hydrogen) atoms. The van der Waals surface area contributed by atoms with E-state index in [-0.39, 0.29) is 0 Å². The fourth-order valence-electron chi connectivity index (χ4n) is 3.85. The highest BCUT2D eigenvalue weighted by Crippen LogP contribution is 2.28. The van der Waals surface area contributed by atoms with E-state index in [2.05, 4.69) is 37.4 Å². The summed E-state index contributed by atoms with van der Waals surface area (Å²) >= 11 is 0. The first-order valence-electron chi connectivity index (χ1n) is 10.4. The number of piperazine rings is 1. The maximum absolute atomic E-state index is 5.42. The van der Waals surface area contributed by atoms with Gasteiger partial charge >= 0.3 is 0 Å². The molecule has 8 nitrogen and oxygen atoms in total. The minimum absolute atomic E-state index is 0.762. The number of hydrogen-bond donors (Lipinski definition) is 1. The van der Waals surface area contributed by atoms with Crippen LogP contribution >= 0.6 is 0 Å². The van der Waals surface area contributed by atoms with Crippen molar-refractivity contribution >= 4 is 5.96 Å². The third kappa shape index (κ3) is 5.24. The topological polar surface area (TPSA) is 75.4 Å². The molecule has 164 valence electrons. The Bertz CT molecular complexity index is 837. The van der Waals surface area contributed by atoms with Gasteiger partial charge in [-0.1, -0.05) is 11.2 Å². The second-order valence-electron chi connectivity index (χ2n) is 7.48. The summed E-state index contributed by atoms with van der Waals surface area (Å²) in [4.78, 5) is 9.24. The summed E-state index contributed by atoms with van der Waals surface area (Å²) in [6.07, 6.45) is 0.874. The summed E-state index contributed by atoms with van der Waals surface area (Å²) in [5.41, 5.74) is 3.37. The lowest BCUT2D eigenvalue weighted by atomic mass is 10.1. The maximum Gasteiger partial charge on any atom is 0.193 e. The molecule has 0 unspecified atom stereocenters. The van der Waals surface area contributed by atoms with Crippen LogP contribution < -0.4 is 14.8 Å². The fourth-order valence-corrected chi connectivity index (χ4v) is 3.85. The lowest BCUT2D eigenvalue weighted by Crippen LogP contribution is -2.52. The Hall–Kier alpha value is -2.74. The fraction of sp³-hybridized carbons (Fsp3) is 0.545. The first-order valence-corrected chi connectivity index (χ1v) is 10.4. The zero-order valence-electron chi connectivity index (χ0n) is 18.7. The van der Waals surface area contributed by atoms with Crippen molar-refractivity contribution in [2.24, 2.45) is 4.99 Å². The molecule has 0 amide bonds. The van der Waals surface area contributed by atoms with E-state index < -0.39 is 0 Å². The molecule has 3 rings (SSSR count). The maximum atomic E-state index is 5.42. The standard InChI is InChI=1S/C22H33N5O3/c1-16-19(17(2)30-25-16)8-9-24-22(23-3)27-12-10-26(11-13-27)15-18-6-7-20(28-4)21(14-18)29-5/h6-7,14H,8-13,15H2,1-5H3,(H,23,24). The zero-order chi connectivity index (χ0) is 21.5. The second-order valence-corrected chi connectivity index (χ2v) is 7.48. The van der Waals surface area contributed by atoms with Gasteiger partial charge in [-0.15, -0.1) is 0 Å². The van der Waals surface area contributed by atoms with E-state index in [1.807, 2.05) is 27.0 Å². The van der Waals surface area contributed by atoms with Crippen LogP contribution in [0.5, 0.6) is 11.5 Å². The zero-order valence-corrected chi connectivity index (χ0v) is 18.7. The number of hydrogen-bond acceptors (Lipinski definition) is 6. The number of ether oxygens (including phenoxy) is 2. The van der Waals surface area contributed by atoms with Gasteiger partial charge in [-0.05, 0) is 38.0 Å². The van der Waals surface area contributed by atoms with Gasteiger partial charge in [0.05, 0.1) is 19.9 Å². The summed E-state index contributed by atoms with van der Waals surface area (Å²) in [6.45, 7) is 9.50. The average molecular weight is 416 g/mol. The number of aryl methyl sites for hydroxylation is 2. The second kappa shape index (κ2) is 10.3. The molecule has 0 radical (unpaired) electrons. The first-order chi connectivity index (χ1) is 14.5. The van der Waals surface area contributed by atoms with Gasteiger partial charge in [-0.3, -0.25) is 9.89 Å². The number of rotatable bonds is 7. The van der Waals surface area contributed by atoms with Crippen molar-refractivity contribution in [2.75, 3.05) is 54.0 Å². The average Bonchev–Trinajstić information content (AvgIpc) is 3.09. The molecule has 1 fully saturated rings. The molecule has 0 bridgehead atoms. The molecule has 1 saturated heterocycles. The molecular weight excluding hydrogens is 382 g/mol. The molecule has 1 aromatic carbocycles. The van der Waals surface area contributed by atoms with Gasteiger partial charge in [0.2, 0.25) is 0 Å². The Labute approximate surface area is 178 Å². The summed E-state index contributed by atoms with van der Waals surface area (Å²) < 4.78 is 16.0. The lowest BCUT2D eigenvalue weighted by Gasteiger charge is -2.36. The van der Waals surface area contributed by atoms with Crippen LogP contribution in [0, 0.1) is 13.8 Å². The van der Waals surface area contributed by atoms with Crippen LogP contribution in [0.2, 0.25) is 0 Å². The van der Waals surface area contributed by atoms with E-state index in [0.29, 0.717) is 0 Å². The number of aromatic nitrogens is 1. The predicted molar refractivity (Wildman–Crippen MR) is 117 cm³/mol. The van der Waals surface area contributed by atoms with Crippen LogP contribution in [0.3, 0.4) is 0 Å². The van der Waals surface area contributed by atoms with Gasteiger partial charge in [0, 0.05) is 51.9 Å². The molecule has 1 N–H and O–H groups in total. The van der Waals surface area contributed by atoms with Gasteiger partial charge in [0.25, 0.3) is 0 Å². The SMILES string of the molecule is CN=C(NCCc1c(C)noc1C)N1CCN(Cc2ccc(OC)c(OC)c2)CC1. The molecule has 1 aromatic heterocycles. The van der Waals surface area contributed by atoms with Crippen LogP contribution in [0.15, 0.2) is 27.7 Å². The van der Waals surface area contributed by atoms with E-state index in [4.69, 9.17) is 14.0 Å². The molecule has 2 heterocycles. The third-order valence-corrected chi connectivity index (χ3v) is 5.58. The minimum Gasteiger partial charge on any atom is -0.493 e. The summed E-state index contributed by atoms with van der Waals surface area (Å²) in [5.74, 6) is 3.38. The van der Waals surface area contributed by atoms with Crippen molar-refractivity contribution in [1.29, 1.82) is 0 Å². The van der Waals surface area contributed by atoms with Gasteiger partial charge in [0.1, 0.15) is 5.76 Å². The van der Waals surface area contributed by atoms with Crippen molar-refractivity contribution in [2.45, 2.75) is 26.8 Å². The molecule has 0 atom stereocenters. The lowest BCUT2D eigenvalue weighted by molar-refractivity contribution is 0.172. The molecule has 2 aromatic rings. The van der Waals surface area contributed by atoms with Crippen LogP contribution in [0.1, 0.15) is 22.6 Å². The number of nitrogens with one attached hydrogen (secondary N) is 1. The van der Waals surface area contributed by atoms with E-state index in [9.17, 15) is 0 Å². The van der Waals surface area contributed by atoms with Gasteiger partial charge in [-0.2, -0.15) is 0 Å². The van der Waals surface area contributed by atoms with Crippen molar-refractivity contribution in [3.63, 3.8) is 0 Å². The Kier molecular flexibility index (Phi) is 7.57. The van der Waals surface area contributed by atoms with E-state index in [1.54, 1.807) is 14.2 Å². The minimum atomic E-state index is 0.762.